The predicted molar refractivity (Wildman–Crippen MR) is 121 cm³/mol. The smallest absolute Gasteiger partial charge is 0.220 e. The van der Waals surface area contributed by atoms with E-state index in [4.69, 9.17) is 16.3 Å². The van der Waals surface area contributed by atoms with Crippen molar-refractivity contribution in [2.75, 3.05) is 39.1 Å². The molecule has 1 aliphatic rings. The molecule has 8 heteroatoms. The number of rotatable bonds is 8. The molecule has 0 aliphatic carbocycles. The van der Waals surface area contributed by atoms with Gasteiger partial charge < -0.3 is 10.1 Å². The van der Waals surface area contributed by atoms with Crippen molar-refractivity contribution in [2.45, 2.75) is 37.9 Å². The molecule has 2 heterocycles. The largest absolute Gasteiger partial charge is 0.379 e. The van der Waals surface area contributed by atoms with Crippen LogP contribution in [0.5, 0.6) is 0 Å². The van der Waals surface area contributed by atoms with E-state index in [1.807, 2.05) is 44.4 Å². The maximum atomic E-state index is 12.6. The van der Waals surface area contributed by atoms with Gasteiger partial charge in [-0.2, -0.15) is 0 Å². The molecule has 0 saturated carbocycles. The van der Waals surface area contributed by atoms with E-state index in [0.717, 1.165) is 40.8 Å². The second-order valence-corrected chi connectivity index (χ2v) is 8.59. The fourth-order valence-electron chi connectivity index (χ4n) is 3.73. The number of nitrogens with zero attached hydrogens (tertiary/aromatic N) is 3. The first-order chi connectivity index (χ1) is 14.5. The highest BCUT2D eigenvalue weighted by Gasteiger charge is 2.23. The van der Waals surface area contributed by atoms with Crippen LogP contribution in [0.15, 0.2) is 29.4 Å². The molecule has 1 amide bonds. The number of carbonyl (C=O) groups excluding carboxylic acids is 1. The molecule has 30 heavy (non-hydrogen) atoms. The summed E-state index contributed by atoms with van der Waals surface area (Å²) in [5, 5.41) is 4.61. The lowest BCUT2D eigenvalue weighted by Crippen LogP contribution is -2.43. The van der Waals surface area contributed by atoms with E-state index in [1.54, 1.807) is 0 Å². The number of hydrogen-bond donors (Lipinski definition) is 1. The summed E-state index contributed by atoms with van der Waals surface area (Å²) in [6.45, 7) is 7.64. The van der Waals surface area contributed by atoms with Gasteiger partial charge >= 0.3 is 0 Å². The monoisotopic (exact) mass is 448 g/mol. The van der Waals surface area contributed by atoms with Gasteiger partial charge in [-0.15, -0.1) is 0 Å². The molecule has 6 nitrogen and oxygen atoms in total. The van der Waals surface area contributed by atoms with Crippen LogP contribution >= 0.6 is 23.4 Å². The lowest BCUT2D eigenvalue weighted by molar-refractivity contribution is -0.121. The molecule has 1 aromatic carbocycles. The fraction of sp³-hybridized carbons (Fsp3) is 0.500. The number of thioether (sulfide) groups is 1. The number of carbonyl (C=O) groups is 1. The summed E-state index contributed by atoms with van der Waals surface area (Å²) in [5.41, 5.74) is 4.11. The molecule has 0 radical (unpaired) electrons. The zero-order chi connectivity index (χ0) is 21.5. The summed E-state index contributed by atoms with van der Waals surface area (Å²) in [4.78, 5) is 24.0. The first kappa shape index (κ1) is 23.0. The molecule has 1 saturated heterocycles. The van der Waals surface area contributed by atoms with Crippen LogP contribution in [0.1, 0.15) is 35.0 Å². The van der Waals surface area contributed by atoms with Gasteiger partial charge in [0.25, 0.3) is 0 Å². The zero-order valence-corrected chi connectivity index (χ0v) is 19.4. The predicted octanol–water partition coefficient (Wildman–Crippen LogP) is 3.59. The van der Waals surface area contributed by atoms with Crippen LogP contribution in [0.25, 0.3) is 0 Å². The average Bonchev–Trinajstić information content (AvgIpc) is 2.75. The molecule has 1 N–H and O–H groups in total. The number of benzene rings is 1. The van der Waals surface area contributed by atoms with E-state index in [2.05, 4.69) is 20.2 Å². The molecule has 3 rings (SSSR count). The summed E-state index contributed by atoms with van der Waals surface area (Å²) in [6.07, 6.45) is 3.02. The van der Waals surface area contributed by atoms with Gasteiger partial charge in [0.05, 0.1) is 19.3 Å². The van der Waals surface area contributed by atoms with Crippen molar-refractivity contribution in [2.24, 2.45) is 0 Å². The van der Waals surface area contributed by atoms with Crippen molar-refractivity contribution in [1.29, 1.82) is 0 Å². The standard InChI is InChI=1S/C22H29ClN4O2S/c1-15-19(16(2)26-22(25-15)30-3)8-9-21(28)24-14-20(27-10-12-29-13-11-27)17-4-6-18(23)7-5-17/h4-7,20H,8-14H2,1-3H3,(H,24,28). The van der Waals surface area contributed by atoms with Crippen LogP contribution in [0.4, 0.5) is 0 Å². The van der Waals surface area contributed by atoms with Gasteiger partial charge in [0, 0.05) is 42.5 Å². The molecule has 1 unspecified atom stereocenters. The minimum absolute atomic E-state index is 0.0370. The van der Waals surface area contributed by atoms with E-state index in [-0.39, 0.29) is 11.9 Å². The maximum absolute atomic E-state index is 12.6. The summed E-state index contributed by atoms with van der Waals surface area (Å²) in [6, 6.07) is 7.96. The summed E-state index contributed by atoms with van der Waals surface area (Å²) in [7, 11) is 0. The lowest BCUT2D eigenvalue weighted by atomic mass is 10.0. The lowest BCUT2D eigenvalue weighted by Gasteiger charge is -2.35. The first-order valence-corrected chi connectivity index (χ1v) is 11.8. The van der Waals surface area contributed by atoms with Crippen LogP contribution < -0.4 is 5.32 Å². The quantitative estimate of drug-likeness (QED) is 0.491. The Labute approximate surface area is 187 Å². The Hall–Kier alpha value is -1.67. The maximum Gasteiger partial charge on any atom is 0.220 e. The third-order valence-corrected chi connectivity index (χ3v) is 6.22. The van der Waals surface area contributed by atoms with Crippen LogP contribution in [0, 0.1) is 13.8 Å². The van der Waals surface area contributed by atoms with E-state index in [1.165, 1.54) is 11.8 Å². The summed E-state index contributed by atoms with van der Waals surface area (Å²) in [5.74, 6) is 0.0370. The topological polar surface area (TPSA) is 67.4 Å². The molecule has 0 bridgehead atoms. The van der Waals surface area contributed by atoms with Crippen molar-refractivity contribution in [3.8, 4) is 0 Å². The van der Waals surface area contributed by atoms with E-state index >= 15 is 0 Å². The number of ether oxygens (including phenoxy) is 1. The minimum atomic E-state index is 0.0370. The van der Waals surface area contributed by atoms with Gasteiger partial charge in [-0.05, 0) is 49.8 Å². The van der Waals surface area contributed by atoms with Crippen molar-refractivity contribution in [3.63, 3.8) is 0 Å². The normalized spacial score (nSPS) is 15.7. The molecule has 2 aromatic rings. The van der Waals surface area contributed by atoms with E-state index in [9.17, 15) is 4.79 Å². The van der Waals surface area contributed by atoms with Crippen molar-refractivity contribution >= 4 is 29.3 Å². The Morgan fingerprint density at radius 2 is 1.83 bits per heavy atom. The average molecular weight is 449 g/mol. The highest BCUT2D eigenvalue weighted by atomic mass is 35.5. The molecule has 1 atom stereocenters. The van der Waals surface area contributed by atoms with E-state index < -0.39 is 0 Å². The van der Waals surface area contributed by atoms with Gasteiger partial charge in [-0.25, -0.2) is 9.97 Å². The van der Waals surface area contributed by atoms with Crippen LogP contribution in [0.2, 0.25) is 5.02 Å². The third kappa shape index (κ3) is 6.17. The van der Waals surface area contributed by atoms with Crippen LogP contribution in [-0.4, -0.2) is 59.9 Å². The Balaban J connectivity index is 1.61. The second-order valence-electron chi connectivity index (χ2n) is 7.38. The molecule has 1 aliphatic heterocycles. The molecular weight excluding hydrogens is 420 g/mol. The SMILES string of the molecule is CSc1nc(C)c(CCC(=O)NCC(c2ccc(Cl)cc2)N2CCOCC2)c(C)n1. The highest BCUT2D eigenvalue weighted by molar-refractivity contribution is 7.98. The van der Waals surface area contributed by atoms with Gasteiger partial charge in [0.1, 0.15) is 0 Å². The Kier molecular flexibility index (Phi) is 8.50. The first-order valence-electron chi connectivity index (χ1n) is 10.2. The molecule has 1 fully saturated rings. The van der Waals surface area contributed by atoms with E-state index in [0.29, 0.717) is 37.6 Å². The molecule has 0 spiro atoms. The molecule has 162 valence electrons. The highest BCUT2D eigenvalue weighted by Crippen LogP contribution is 2.23. The van der Waals surface area contributed by atoms with Gasteiger partial charge in [-0.3, -0.25) is 9.69 Å². The number of amides is 1. The van der Waals surface area contributed by atoms with Crippen molar-refractivity contribution in [3.05, 3.63) is 51.8 Å². The van der Waals surface area contributed by atoms with Gasteiger partial charge in [0.2, 0.25) is 5.91 Å². The minimum Gasteiger partial charge on any atom is -0.379 e. The Bertz CT molecular complexity index is 834. The Morgan fingerprint density at radius 1 is 1.20 bits per heavy atom. The molecule has 1 aromatic heterocycles. The number of nitrogens with one attached hydrogen (secondary N) is 1. The summed E-state index contributed by atoms with van der Waals surface area (Å²) < 4.78 is 5.49. The van der Waals surface area contributed by atoms with Crippen molar-refractivity contribution in [1.82, 2.24) is 20.2 Å². The number of aryl methyl sites for hydroxylation is 2. The van der Waals surface area contributed by atoms with Crippen LogP contribution in [-0.2, 0) is 16.0 Å². The Morgan fingerprint density at radius 3 is 2.43 bits per heavy atom. The van der Waals surface area contributed by atoms with Gasteiger partial charge in [0.15, 0.2) is 5.16 Å². The number of hydrogen-bond acceptors (Lipinski definition) is 6. The summed E-state index contributed by atoms with van der Waals surface area (Å²) >= 11 is 7.59. The van der Waals surface area contributed by atoms with Crippen LogP contribution in [0.3, 0.4) is 0 Å². The number of halogens is 1. The van der Waals surface area contributed by atoms with Gasteiger partial charge in [-0.1, -0.05) is 35.5 Å². The zero-order valence-electron chi connectivity index (χ0n) is 17.8. The molecular formula is C22H29ClN4O2S. The third-order valence-electron chi connectivity index (χ3n) is 5.42. The fourth-order valence-corrected chi connectivity index (χ4v) is 4.31. The number of aromatic nitrogens is 2. The second kappa shape index (κ2) is 11.1. The van der Waals surface area contributed by atoms with Crippen molar-refractivity contribution < 1.29 is 9.53 Å². The number of morpholine rings is 1.